The largest absolute Gasteiger partial charge is 0.382 e. The Morgan fingerprint density at radius 3 is 2.55 bits per heavy atom. The molecule has 0 spiro atoms. The smallest absolute Gasteiger partial charge is 0.158 e. The van der Waals surface area contributed by atoms with Crippen LogP contribution in [0.1, 0.15) is 31.0 Å². The third-order valence-corrected chi connectivity index (χ3v) is 6.21. The van der Waals surface area contributed by atoms with Crippen molar-refractivity contribution in [1.29, 1.82) is 0 Å². The molecule has 5 aromatic rings. The SMILES string of the molecule is Nc1nccn2c(C3CCC3)nc(-c3ccc4ccc(-c5ccccc5)nc4c3F)c12. The van der Waals surface area contributed by atoms with Crippen molar-refractivity contribution in [2.75, 3.05) is 5.73 Å². The van der Waals surface area contributed by atoms with Gasteiger partial charge in [0.1, 0.15) is 28.4 Å². The highest BCUT2D eigenvalue weighted by atomic mass is 19.1. The Hall–Kier alpha value is -3.80. The third-order valence-electron chi connectivity index (χ3n) is 6.21. The van der Waals surface area contributed by atoms with Gasteiger partial charge in [-0.3, -0.25) is 4.40 Å². The second-order valence-electron chi connectivity index (χ2n) is 8.04. The van der Waals surface area contributed by atoms with Gasteiger partial charge in [-0.2, -0.15) is 0 Å². The van der Waals surface area contributed by atoms with Crippen molar-refractivity contribution in [2.45, 2.75) is 25.2 Å². The van der Waals surface area contributed by atoms with E-state index in [1.54, 1.807) is 12.3 Å². The van der Waals surface area contributed by atoms with Crippen molar-refractivity contribution in [3.05, 3.63) is 78.6 Å². The molecule has 0 saturated heterocycles. The number of fused-ring (bicyclic) bond motifs is 2. The molecule has 1 fully saturated rings. The molecule has 3 aromatic heterocycles. The van der Waals surface area contributed by atoms with Crippen molar-refractivity contribution < 1.29 is 4.39 Å². The number of halogens is 1. The summed E-state index contributed by atoms with van der Waals surface area (Å²) in [5, 5.41) is 0.745. The first-order valence-electron chi connectivity index (χ1n) is 10.5. The van der Waals surface area contributed by atoms with Gasteiger partial charge in [-0.1, -0.05) is 48.9 Å². The first-order chi connectivity index (χ1) is 15.2. The molecule has 2 aromatic carbocycles. The van der Waals surface area contributed by atoms with E-state index < -0.39 is 5.82 Å². The van der Waals surface area contributed by atoms with Crippen LogP contribution in [0.15, 0.2) is 67.0 Å². The zero-order valence-corrected chi connectivity index (χ0v) is 16.8. The van der Waals surface area contributed by atoms with Crippen molar-refractivity contribution in [2.24, 2.45) is 0 Å². The maximum atomic E-state index is 15.8. The van der Waals surface area contributed by atoms with Crippen LogP contribution in [-0.4, -0.2) is 19.4 Å². The number of benzene rings is 2. The molecule has 6 rings (SSSR count). The third kappa shape index (κ3) is 2.79. The van der Waals surface area contributed by atoms with Gasteiger partial charge in [0.2, 0.25) is 0 Å². The zero-order chi connectivity index (χ0) is 20.9. The van der Waals surface area contributed by atoms with E-state index in [9.17, 15) is 0 Å². The molecular weight excluding hydrogens is 389 g/mol. The first kappa shape index (κ1) is 18.0. The summed E-state index contributed by atoms with van der Waals surface area (Å²) in [5.41, 5.74) is 9.80. The van der Waals surface area contributed by atoms with Crippen LogP contribution in [0, 0.1) is 5.82 Å². The minimum absolute atomic E-state index is 0.327. The maximum Gasteiger partial charge on any atom is 0.158 e. The van der Waals surface area contributed by atoms with Gasteiger partial charge >= 0.3 is 0 Å². The lowest BCUT2D eigenvalue weighted by Gasteiger charge is -2.23. The minimum Gasteiger partial charge on any atom is -0.382 e. The van der Waals surface area contributed by atoms with E-state index in [1.807, 2.05) is 59.1 Å². The fraction of sp³-hybridized carbons (Fsp3) is 0.160. The van der Waals surface area contributed by atoms with Crippen molar-refractivity contribution >= 4 is 22.2 Å². The predicted octanol–water partition coefficient (Wildman–Crippen LogP) is 5.60. The average molecular weight is 409 g/mol. The van der Waals surface area contributed by atoms with E-state index in [1.165, 1.54) is 6.42 Å². The van der Waals surface area contributed by atoms with Gasteiger partial charge in [-0.15, -0.1) is 0 Å². The van der Waals surface area contributed by atoms with Gasteiger partial charge in [0.15, 0.2) is 5.82 Å². The van der Waals surface area contributed by atoms with E-state index in [2.05, 4.69) is 9.97 Å². The Morgan fingerprint density at radius 1 is 0.968 bits per heavy atom. The van der Waals surface area contributed by atoms with Gasteiger partial charge in [0.25, 0.3) is 0 Å². The number of nitrogen functional groups attached to an aromatic ring is 1. The molecule has 0 unspecified atom stereocenters. The molecule has 0 atom stereocenters. The molecule has 3 heterocycles. The Morgan fingerprint density at radius 2 is 1.77 bits per heavy atom. The number of nitrogens with zero attached hydrogens (tertiary/aromatic N) is 4. The van der Waals surface area contributed by atoms with Crippen LogP contribution >= 0.6 is 0 Å². The quantitative estimate of drug-likeness (QED) is 0.421. The van der Waals surface area contributed by atoms with Crippen LogP contribution in [0.5, 0.6) is 0 Å². The molecule has 0 radical (unpaired) electrons. The second-order valence-corrected chi connectivity index (χ2v) is 8.04. The molecule has 0 bridgehead atoms. The van der Waals surface area contributed by atoms with Crippen molar-refractivity contribution in [1.82, 2.24) is 19.4 Å². The topological polar surface area (TPSA) is 69.1 Å². The lowest BCUT2D eigenvalue weighted by molar-refractivity contribution is 0.400. The predicted molar refractivity (Wildman–Crippen MR) is 120 cm³/mol. The van der Waals surface area contributed by atoms with E-state index >= 15 is 4.39 Å². The molecule has 1 saturated carbocycles. The summed E-state index contributed by atoms with van der Waals surface area (Å²) in [6, 6.07) is 17.2. The van der Waals surface area contributed by atoms with Crippen LogP contribution in [0.25, 0.3) is 38.9 Å². The summed E-state index contributed by atoms with van der Waals surface area (Å²) in [5.74, 6) is 1.25. The summed E-state index contributed by atoms with van der Waals surface area (Å²) in [6.07, 6.45) is 6.89. The average Bonchev–Trinajstić information content (AvgIpc) is 3.13. The van der Waals surface area contributed by atoms with Gasteiger partial charge in [-0.25, -0.2) is 19.3 Å². The molecule has 1 aliphatic carbocycles. The number of aromatic nitrogens is 4. The van der Waals surface area contributed by atoms with Gasteiger partial charge in [-0.05, 0) is 25.0 Å². The fourth-order valence-corrected chi connectivity index (χ4v) is 4.34. The molecule has 2 N–H and O–H groups in total. The van der Waals surface area contributed by atoms with Crippen LogP contribution in [0.4, 0.5) is 10.2 Å². The number of anilines is 1. The molecule has 5 nitrogen and oxygen atoms in total. The van der Waals surface area contributed by atoms with Crippen LogP contribution in [-0.2, 0) is 0 Å². The highest BCUT2D eigenvalue weighted by Crippen LogP contribution is 2.40. The minimum atomic E-state index is -0.390. The van der Waals surface area contributed by atoms with Crippen LogP contribution < -0.4 is 5.73 Å². The molecule has 0 aliphatic heterocycles. The Kier molecular flexibility index (Phi) is 3.99. The summed E-state index contributed by atoms with van der Waals surface area (Å²) >= 11 is 0. The summed E-state index contributed by atoms with van der Waals surface area (Å²) < 4.78 is 17.8. The van der Waals surface area contributed by atoms with Crippen molar-refractivity contribution in [3.63, 3.8) is 0 Å². The molecule has 0 amide bonds. The van der Waals surface area contributed by atoms with Crippen LogP contribution in [0.3, 0.4) is 0 Å². The number of nitrogens with two attached hydrogens (primary N) is 1. The van der Waals surface area contributed by atoms with E-state index in [0.717, 1.165) is 35.3 Å². The Bertz CT molecular complexity index is 1440. The van der Waals surface area contributed by atoms with Gasteiger partial charge in [0.05, 0.1) is 5.69 Å². The van der Waals surface area contributed by atoms with E-state index in [-0.39, 0.29) is 0 Å². The molecule has 31 heavy (non-hydrogen) atoms. The standard InChI is InChI=1S/C25H20FN5/c26-20-18(11-9-16-10-12-19(29-21(16)20)15-5-2-1-3-6-15)22-23-24(27)28-13-14-31(23)25(30-22)17-7-4-8-17/h1-3,5-6,9-14,17H,4,7-8H2,(H2,27,28). The van der Waals surface area contributed by atoms with E-state index in [0.29, 0.717) is 34.0 Å². The fourth-order valence-electron chi connectivity index (χ4n) is 4.34. The second kappa shape index (κ2) is 6.87. The van der Waals surface area contributed by atoms with Gasteiger partial charge < -0.3 is 5.73 Å². The summed E-state index contributed by atoms with van der Waals surface area (Å²) in [7, 11) is 0. The lowest BCUT2D eigenvalue weighted by atomic mass is 9.85. The lowest BCUT2D eigenvalue weighted by Crippen LogP contribution is -2.12. The number of rotatable bonds is 3. The number of hydrogen-bond acceptors (Lipinski definition) is 4. The summed E-state index contributed by atoms with van der Waals surface area (Å²) in [6.45, 7) is 0. The monoisotopic (exact) mass is 409 g/mol. The Labute approximate surface area is 178 Å². The zero-order valence-electron chi connectivity index (χ0n) is 16.8. The van der Waals surface area contributed by atoms with E-state index in [4.69, 9.17) is 10.7 Å². The molecule has 1 aliphatic rings. The molecule has 6 heteroatoms. The van der Waals surface area contributed by atoms with Crippen LogP contribution in [0.2, 0.25) is 0 Å². The van der Waals surface area contributed by atoms with Gasteiger partial charge in [0, 0.05) is 34.8 Å². The maximum absolute atomic E-state index is 15.8. The highest BCUT2D eigenvalue weighted by Gasteiger charge is 2.28. The first-order valence-corrected chi connectivity index (χ1v) is 10.5. The Balaban J connectivity index is 1.58. The number of imidazole rings is 1. The highest BCUT2D eigenvalue weighted by molar-refractivity contribution is 5.92. The summed E-state index contributed by atoms with van der Waals surface area (Å²) in [4.78, 5) is 13.7. The van der Waals surface area contributed by atoms with Crippen molar-refractivity contribution in [3.8, 4) is 22.5 Å². The number of hydrogen-bond donors (Lipinski definition) is 1. The molecule has 152 valence electrons. The normalized spacial score (nSPS) is 14.2. The number of pyridine rings is 1. The molecular formula is C25H20FN5.